The summed E-state index contributed by atoms with van der Waals surface area (Å²) in [5.74, 6) is 0.671. The van der Waals surface area contributed by atoms with Gasteiger partial charge in [0.1, 0.15) is 0 Å². The number of nitrogens with two attached hydrogens (primary N) is 1. The smallest absolute Gasteiger partial charge is 0.0741 e. The van der Waals surface area contributed by atoms with E-state index >= 15 is 0 Å². The normalized spacial score (nSPS) is 29.2. The van der Waals surface area contributed by atoms with Crippen LogP contribution in [0.15, 0.2) is 0 Å². The maximum Gasteiger partial charge on any atom is 0.0741 e. The van der Waals surface area contributed by atoms with Crippen molar-refractivity contribution in [1.82, 2.24) is 4.90 Å². The Morgan fingerprint density at radius 2 is 2.17 bits per heavy atom. The van der Waals surface area contributed by atoms with Crippen molar-refractivity contribution in [3.8, 4) is 0 Å². The Balaban J connectivity index is 2.16. The third-order valence-corrected chi connectivity index (χ3v) is 4.16. The predicted molar refractivity (Wildman–Crippen MR) is 74.5 cm³/mol. The third kappa shape index (κ3) is 5.22. The van der Waals surface area contributed by atoms with Crippen molar-refractivity contribution >= 4 is 0 Å². The zero-order chi connectivity index (χ0) is 13.6. The van der Waals surface area contributed by atoms with Gasteiger partial charge in [0.2, 0.25) is 0 Å². The molecule has 0 aromatic carbocycles. The Labute approximate surface area is 111 Å². The summed E-state index contributed by atoms with van der Waals surface area (Å²) in [5.41, 5.74) is 4.82. The Hall–Kier alpha value is -0.160. The number of ether oxygens (including phenoxy) is 1. The van der Waals surface area contributed by atoms with Crippen LogP contribution in [0.3, 0.4) is 0 Å². The van der Waals surface area contributed by atoms with E-state index in [1.165, 1.54) is 13.0 Å². The standard InChI is InChI=1S/C14H30N2O2/c1-12-6-9-16(10-13(12)18-3)8-5-4-7-14(2,17)11-15/h12-13,17H,4-11,15H2,1-3H3. The zero-order valence-corrected chi connectivity index (χ0v) is 12.2. The summed E-state index contributed by atoms with van der Waals surface area (Å²) < 4.78 is 5.51. The van der Waals surface area contributed by atoms with Gasteiger partial charge in [0.25, 0.3) is 0 Å². The van der Waals surface area contributed by atoms with Crippen LogP contribution in [0.1, 0.15) is 39.5 Å². The van der Waals surface area contributed by atoms with Crippen molar-refractivity contribution in [2.24, 2.45) is 11.7 Å². The molecule has 3 unspecified atom stereocenters. The SMILES string of the molecule is COC1CN(CCCCC(C)(O)CN)CCC1C. The van der Waals surface area contributed by atoms with E-state index in [9.17, 15) is 5.11 Å². The first kappa shape index (κ1) is 15.9. The first-order valence-electron chi connectivity index (χ1n) is 7.16. The summed E-state index contributed by atoms with van der Waals surface area (Å²) in [7, 11) is 1.81. The second-order valence-corrected chi connectivity index (χ2v) is 6.00. The Kier molecular flexibility index (Phi) is 6.57. The van der Waals surface area contributed by atoms with E-state index in [0.717, 1.165) is 32.4 Å². The van der Waals surface area contributed by atoms with E-state index in [1.54, 1.807) is 0 Å². The van der Waals surface area contributed by atoms with Crippen molar-refractivity contribution in [2.75, 3.05) is 33.3 Å². The zero-order valence-electron chi connectivity index (χ0n) is 12.2. The van der Waals surface area contributed by atoms with E-state index in [1.807, 2.05) is 14.0 Å². The van der Waals surface area contributed by atoms with Crippen LogP contribution in [0, 0.1) is 5.92 Å². The molecule has 3 atom stereocenters. The summed E-state index contributed by atoms with van der Waals surface area (Å²) in [4.78, 5) is 2.48. The van der Waals surface area contributed by atoms with Crippen LogP contribution in [0.2, 0.25) is 0 Å². The molecule has 4 nitrogen and oxygen atoms in total. The van der Waals surface area contributed by atoms with Gasteiger partial charge in [-0.3, -0.25) is 0 Å². The molecule has 0 spiro atoms. The maximum absolute atomic E-state index is 9.82. The molecule has 1 rings (SSSR count). The van der Waals surface area contributed by atoms with Gasteiger partial charge in [-0.05, 0) is 51.6 Å². The summed E-state index contributed by atoms with van der Waals surface area (Å²) in [6.07, 6.45) is 4.56. The van der Waals surface area contributed by atoms with Crippen molar-refractivity contribution in [1.29, 1.82) is 0 Å². The summed E-state index contributed by atoms with van der Waals surface area (Å²) >= 11 is 0. The van der Waals surface area contributed by atoms with Crippen molar-refractivity contribution in [2.45, 2.75) is 51.2 Å². The third-order valence-electron chi connectivity index (χ3n) is 4.16. The largest absolute Gasteiger partial charge is 0.389 e. The minimum atomic E-state index is -0.689. The van der Waals surface area contributed by atoms with Crippen LogP contribution >= 0.6 is 0 Å². The maximum atomic E-state index is 9.82. The summed E-state index contributed by atoms with van der Waals surface area (Å²) in [6.45, 7) is 7.76. The molecule has 1 fully saturated rings. The molecule has 0 aliphatic carbocycles. The highest BCUT2D eigenvalue weighted by molar-refractivity contribution is 4.79. The van der Waals surface area contributed by atoms with Crippen LogP contribution in [-0.2, 0) is 4.74 Å². The highest BCUT2D eigenvalue weighted by atomic mass is 16.5. The molecule has 108 valence electrons. The molecule has 0 amide bonds. The van der Waals surface area contributed by atoms with E-state index in [4.69, 9.17) is 10.5 Å². The van der Waals surface area contributed by atoms with E-state index in [0.29, 0.717) is 18.6 Å². The number of unbranched alkanes of at least 4 members (excludes halogenated alkanes) is 1. The Morgan fingerprint density at radius 3 is 2.78 bits per heavy atom. The van der Waals surface area contributed by atoms with Gasteiger partial charge in [0, 0.05) is 20.2 Å². The lowest BCUT2D eigenvalue weighted by molar-refractivity contribution is -0.00607. The minimum Gasteiger partial charge on any atom is -0.389 e. The van der Waals surface area contributed by atoms with E-state index in [2.05, 4.69) is 11.8 Å². The van der Waals surface area contributed by atoms with Crippen molar-refractivity contribution in [3.05, 3.63) is 0 Å². The van der Waals surface area contributed by atoms with Gasteiger partial charge in [0.05, 0.1) is 11.7 Å². The molecular formula is C14H30N2O2. The van der Waals surface area contributed by atoms with Gasteiger partial charge >= 0.3 is 0 Å². The van der Waals surface area contributed by atoms with Crippen LogP contribution in [0.5, 0.6) is 0 Å². The average Bonchev–Trinajstić information content (AvgIpc) is 2.36. The van der Waals surface area contributed by atoms with Crippen LogP contribution in [-0.4, -0.2) is 55.0 Å². The molecule has 4 heteroatoms. The number of nitrogens with zero attached hydrogens (tertiary/aromatic N) is 1. The lowest BCUT2D eigenvalue weighted by Crippen LogP contribution is -2.44. The molecule has 0 aromatic rings. The highest BCUT2D eigenvalue weighted by Crippen LogP contribution is 2.20. The summed E-state index contributed by atoms with van der Waals surface area (Å²) in [6, 6.07) is 0. The number of piperidine rings is 1. The first-order chi connectivity index (χ1) is 8.48. The molecule has 1 aliphatic rings. The minimum absolute atomic E-state index is 0.347. The molecule has 18 heavy (non-hydrogen) atoms. The first-order valence-corrected chi connectivity index (χ1v) is 7.16. The van der Waals surface area contributed by atoms with Gasteiger partial charge < -0.3 is 20.5 Å². The van der Waals surface area contributed by atoms with Gasteiger partial charge in [0.15, 0.2) is 0 Å². The van der Waals surface area contributed by atoms with Crippen LogP contribution in [0.4, 0.5) is 0 Å². The molecule has 3 N–H and O–H groups in total. The van der Waals surface area contributed by atoms with E-state index < -0.39 is 5.60 Å². The fourth-order valence-corrected chi connectivity index (χ4v) is 2.55. The van der Waals surface area contributed by atoms with Crippen molar-refractivity contribution in [3.63, 3.8) is 0 Å². The van der Waals surface area contributed by atoms with Gasteiger partial charge in [-0.25, -0.2) is 0 Å². The number of aliphatic hydroxyl groups is 1. The molecular weight excluding hydrogens is 228 g/mol. The lowest BCUT2D eigenvalue weighted by Gasteiger charge is -2.36. The molecule has 0 aromatic heterocycles. The molecule has 0 radical (unpaired) electrons. The second kappa shape index (κ2) is 7.43. The average molecular weight is 258 g/mol. The Bertz CT molecular complexity index is 234. The molecule has 1 aliphatic heterocycles. The topological polar surface area (TPSA) is 58.7 Å². The van der Waals surface area contributed by atoms with E-state index in [-0.39, 0.29) is 0 Å². The molecule has 0 bridgehead atoms. The predicted octanol–water partition coefficient (Wildman–Crippen LogP) is 1.22. The number of hydrogen-bond donors (Lipinski definition) is 2. The molecule has 0 saturated carbocycles. The molecule has 1 heterocycles. The fourth-order valence-electron chi connectivity index (χ4n) is 2.55. The van der Waals surface area contributed by atoms with Gasteiger partial charge in [-0.2, -0.15) is 0 Å². The fraction of sp³-hybridized carbons (Fsp3) is 1.00. The lowest BCUT2D eigenvalue weighted by atomic mass is 9.95. The van der Waals surface area contributed by atoms with Crippen LogP contribution < -0.4 is 5.73 Å². The van der Waals surface area contributed by atoms with Crippen molar-refractivity contribution < 1.29 is 9.84 Å². The monoisotopic (exact) mass is 258 g/mol. The highest BCUT2D eigenvalue weighted by Gasteiger charge is 2.25. The second-order valence-electron chi connectivity index (χ2n) is 6.00. The number of rotatable bonds is 7. The Morgan fingerprint density at radius 1 is 1.44 bits per heavy atom. The summed E-state index contributed by atoms with van der Waals surface area (Å²) in [5, 5.41) is 9.82. The number of methoxy groups -OCH3 is 1. The number of likely N-dealkylation sites (tertiary alicyclic amines) is 1. The van der Waals surface area contributed by atoms with Gasteiger partial charge in [-0.15, -0.1) is 0 Å². The quantitative estimate of drug-likeness (QED) is 0.674. The van der Waals surface area contributed by atoms with Crippen LogP contribution in [0.25, 0.3) is 0 Å². The number of hydrogen-bond acceptors (Lipinski definition) is 4. The van der Waals surface area contributed by atoms with Gasteiger partial charge in [-0.1, -0.05) is 6.92 Å². The molecule has 1 saturated heterocycles.